The van der Waals surface area contributed by atoms with Crippen LogP contribution in [-0.4, -0.2) is 46.8 Å². The number of hydrogen-bond donors (Lipinski definition) is 0. The number of esters is 1. The second-order valence-corrected chi connectivity index (χ2v) is 9.85. The molecule has 2 unspecified atom stereocenters. The summed E-state index contributed by atoms with van der Waals surface area (Å²) in [6.07, 6.45) is 4.62. The van der Waals surface area contributed by atoms with Gasteiger partial charge in [0.05, 0.1) is 23.9 Å². The highest BCUT2D eigenvalue weighted by molar-refractivity contribution is 5.94. The number of benzene rings is 1. The smallest absolute Gasteiger partial charge is 0.419 e. The van der Waals surface area contributed by atoms with Crippen LogP contribution in [0.15, 0.2) is 35.9 Å². The van der Waals surface area contributed by atoms with E-state index < -0.39 is 5.60 Å². The lowest BCUT2D eigenvalue weighted by Crippen LogP contribution is -2.41. The third kappa shape index (κ3) is 4.33. The lowest BCUT2D eigenvalue weighted by molar-refractivity contribution is -0.142. The molecule has 0 aliphatic carbocycles. The predicted molar refractivity (Wildman–Crippen MR) is 125 cm³/mol. The molecule has 0 bridgehead atoms. The van der Waals surface area contributed by atoms with Crippen LogP contribution in [-0.2, 0) is 20.7 Å². The third-order valence-corrected chi connectivity index (χ3v) is 6.52. The van der Waals surface area contributed by atoms with Crippen LogP contribution in [0.1, 0.15) is 64.8 Å². The van der Waals surface area contributed by atoms with Crippen molar-refractivity contribution in [1.82, 2.24) is 9.47 Å². The number of nitrogens with zero attached hydrogens (tertiary/aromatic N) is 2. The molecule has 1 aromatic carbocycles. The van der Waals surface area contributed by atoms with Crippen LogP contribution in [0, 0.1) is 5.92 Å². The highest BCUT2D eigenvalue weighted by atomic mass is 16.6. The molecule has 6 nitrogen and oxygen atoms in total. The lowest BCUT2D eigenvalue weighted by atomic mass is 9.84. The molecule has 32 heavy (non-hydrogen) atoms. The summed E-state index contributed by atoms with van der Waals surface area (Å²) >= 11 is 0. The van der Waals surface area contributed by atoms with Gasteiger partial charge in [-0.15, -0.1) is 0 Å². The van der Waals surface area contributed by atoms with Crippen LogP contribution in [0.4, 0.5) is 4.79 Å². The Morgan fingerprint density at radius 2 is 1.97 bits per heavy atom. The van der Waals surface area contributed by atoms with Crippen molar-refractivity contribution in [1.29, 1.82) is 0 Å². The predicted octanol–water partition coefficient (Wildman–Crippen LogP) is 5.24. The zero-order valence-corrected chi connectivity index (χ0v) is 19.8. The van der Waals surface area contributed by atoms with E-state index in [4.69, 9.17) is 9.47 Å². The van der Waals surface area contributed by atoms with Gasteiger partial charge in [0, 0.05) is 31.3 Å². The Bertz CT molecular complexity index is 1060. The Labute approximate surface area is 190 Å². The molecule has 6 heteroatoms. The second kappa shape index (κ2) is 8.74. The summed E-state index contributed by atoms with van der Waals surface area (Å²) in [5.41, 5.74) is 3.96. The summed E-state index contributed by atoms with van der Waals surface area (Å²) in [5.74, 6) is -0.0442. The van der Waals surface area contributed by atoms with Gasteiger partial charge in [-0.05, 0) is 51.7 Å². The van der Waals surface area contributed by atoms with Crippen molar-refractivity contribution in [2.75, 3.05) is 19.7 Å². The highest BCUT2D eigenvalue weighted by Crippen LogP contribution is 2.43. The summed E-state index contributed by atoms with van der Waals surface area (Å²) in [4.78, 5) is 27.2. The van der Waals surface area contributed by atoms with E-state index in [2.05, 4.69) is 24.0 Å². The van der Waals surface area contributed by atoms with Crippen molar-refractivity contribution in [3.8, 4) is 0 Å². The Hall–Kier alpha value is -2.60. The molecular weight excluding hydrogens is 404 g/mol. The topological polar surface area (TPSA) is 60.8 Å². The molecule has 2 atom stereocenters. The Balaban J connectivity index is 1.75. The molecule has 0 radical (unpaired) electrons. The Morgan fingerprint density at radius 1 is 1.22 bits per heavy atom. The van der Waals surface area contributed by atoms with Gasteiger partial charge in [-0.2, -0.15) is 0 Å². The maximum Gasteiger partial charge on any atom is 0.419 e. The first-order valence-corrected chi connectivity index (χ1v) is 11.6. The number of rotatable bonds is 4. The minimum Gasteiger partial charge on any atom is -0.465 e. The summed E-state index contributed by atoms with van der Waals surface area (Å²) in [7, 11) is 0. The first-order valence-electron chi connectivity index (χ1n) is 11.6. The number of fused-ring (bicyclic) bond motifs is 5. The maximum absolute atomic E-state index is 13.4. The number of hydrogen-bond acceptors (Lipinski definition) is 5. The molecule has 2 aliphatic rings. The summed E-state index contributed by atoms with van der Waals surface area (Å²) in [6.45, 7) is 11.5. The first kappa shape index (κ1) is 22.6. The Kier molecular flexibility index (Phi) is 6.17. The fourth-order valence-electron chi connectivity index (χ4n) is 5.05. The number of para-hydroxylation sites is 1. The standard InChI is InChI=1S/C26H34N2O4/c1-6-18(16-31-17(2)29)19-11-13-27-14-12-21-20-9-7-8-10-22(20)28(24(21)23(27)15-19)25(30)32-26(3,4)5/h7-11,18,23H,6,12-16H2,1-5H3. The van der Waals surface area contributed by atoms with Crippen molar-refractivity contribution in [3.05, 3.63) is 47.2 Å². The molecule has 2 aliphatic heterocycles. The van der Waals surface area contributed by atoms with Gasteiger partial charge in [-0.25, -0.2) is 9.36 Å². The third-order valence-electron chi connectivity index (χ3n) is 6.52. The maximum atomic E-state index is 13.4. The molecule has 0 amide bonds. The number of carbonyl (C=O) groups excluding carboxylic acids is 2. The van der Waals surface area contributed by atoms with Crippen molar-refractivity contribution in [3.63, 3.8) is 0 Å². The summed E-state index contributed by atoms with van der Waals surface area (Å²) in [6, 6.07) is 8.24. The number of ether oxygens (including phenoxy) is 2. The molecule has 172 valence electrons. The molecular formula is C26H34N2O4. The minimum absolute atomic E-state index is 0.102. The minimum atomic E-state index is -0.571. The zero-order chi connectivity index (χ0) is 23.0. The van der Waals surface area contributed by atoms with Crippen LogP contribution >= 0.6 is 0 Å². The zero-order valence-electron chi connectivity index (χ0n) is 19.8. The van der Waals surface area contributed by atoms with Gasteiger partial charge >= 0.3 is 12.1 Å². The second-order valence-electron chi connectivity index (χ2n) is 9.85. The van der Waals surface area contributed by atoms with Gasteiger partial charge in [0.25, 0.3) is 0 Å². The first-order chi connectivity index (χ1) is 15.2. The van der Waals surface area contributed by atoms with Crippen molar-refractivity contribution >= 4 is 23.0 Å². The molecule has 0 saturated heterocycles. The van der Waals surface area contributed by atoms with Crippen molar-refractivity contribution in [2.24, 2.45) is 5.92 Å². The van der Waals surface area contributed by atoms with E-state index in [1.807, 2.05) is 43.5 Å². The van der Waals surface area contributed by atoms with E-state index in [0.29, 0.717) is 6.61 Å². The monoisotopic (exact) mass is 438 g/mol. The summed E-state index contributed by atoms with van der Waals surface area (Å²) < 4.78 is 13.0. The van der Waals surface area contributed by atoms with Crippen LogP contribution in [0.3, 0.4) is 0 Å². The SMILES string of the molecule is CCC(COC(C)=O)C1=CCN2CCc3c(n(C(=O)OC(C)(C)C)c4ccccc34)C2C1. The molecule has 0 spiro atoms. The molecule has 0 N–H and O–H groups in total. The quantitative estimate of drug-likeness (QED) is 0.482. The van der Waals surface area contributed by atoms with Gasteiger partial charge in [0.1, 0.15) is 5.60 Å². The average molecular weight is 439 g/mol. The van der Waals surface area contributed by atoms with Gasteiger partial charge in [0.2, 0.25) is 0 Å². The van der Waals surface area contributed by atoms with E-state index in [-0.39, 0.29) is 24.0 Å². The van der Waals surface area contributed by atoms with Crippen LogP contribution in [0.25, 0.3) is 10.9 Å². The van der Waals surface area contributed by atoms with Gasteiger partial charge in [-0.3, -0.25) is 9.69 Å². The lowest BCUT2D eigenvalue weighted by Gasteiger charge is -2.41. The molecule has 3 heterocycles. The van der Waals surface area contributed by atoms with Gasteiger partial charge < -0.3 is 9.47 Å². The molecule has 0 saturated carbocycles. The Morgan fingerprint density at radius 3 is 2.66 bits per heavy atom. The molecule has 2 aromatic rings. The average Bonchev–Trinajstić information content (AvgIpc) is 3.08. The fourth-order valence-corrected chi connectivity index (χ4v) is 5.05. The normalized spacial score (nSPS) is 19.7. The molecule has 0 fully saturated rings. The van der Waals surface area contributed by atoms with E-state index in [1.54, 1.807) is 0 Å². The van der Waals surface area contributed by atoms with Crippen LogP contribution in [0.5, 0.6) is 0 Å². The van der Waals surface area contributed by atoms with Gasteiger partial charge in [-0.1, -0.05) is 36.8 Å². The van der Waals surface area contributed by atoms with E-state index in [9.17, 15) is 9.59 Å². The van der Waals surface area contributed by atoms with Crippen LogP contribution in [0.2, 0.25) is 0 Å². The molecule has 1 aromatic heterocycles. The van der Waals surface area contributed by atoms with Crippen molar-refractivity contribution in [2.45, 2.75) is 65.5 Å². The largest absolute Gasteiger partial charge is 0.465 e. The van der Waals surface area contributed by atoms with Crippen molar-refractivity contribution < 1.29 is 19.1 Å². The number of aromatic nitrogens is 1. The molecule has 4 rings (SSSR count). The summed E-state index contributed by atoms with van der Waals surface area (Å²) in [5, 5.41) is 1.14. The number of carbonyl (C=O) groups is 2. The van der Waals surface area contributed by atoms with Crippen LogP contribution < -0.4 is 0 Å². The van der Waals surface area contributed by atoms with E-state index in [0.717, 1.165) is 48.9 Å². The van der Waals surface area contributed by atoms with E-state index >= 15 is 0 Å². The highest BCUT2D eigenvalue weighted by Gasteiger charge is 2.38. The van der Waals surface area contributed by atoms with E-state index in [1.165, 1.54) is 18.1 Å². The fraction of sp³-hybridized carbons (Fsp3) is 0.538. The van der Waals surface area contributed by atoms with Gasteiger partial charge in [0.15, 0.2) is 0 Å².